The van der Waals surface area contributed by atoms with Gasteiger partial charge in [-0.15, -0.1) is 0 Å². The Labute approximate surface area is 119 Å². The van der Waals surface area contributed by atoms with Crippen LogP contribution in [0.1, 0.15) is 12.5 Å². The lowest BCUT2D eigenvalue weighted by atomic mass is 10.2. The minimum Gasteiger partial charge on any atom is -0.392 e. The fraction of sp³-hybridized carbons (Fsp3) is 0.364. The molecule has 0 saturated heterocycles. The van der Waals surface area contributed by atoms with E-state index in [1.807, 2.05) is 0 Å². The number of halogens is 1. The largest absolute Gasteiger partial charge is 0.392 e. The van der Waals surface area contributed by atoms with Crippen LogP contribution >= 0.6 is 15.9 Å². The highest BCUT2D eigenvalue weighted by Crippen LogP contribution is 2.32. The minimum atomic E-state index is -3.72. The van der Waals surface area contributed by atoms with Crippen molar-refractivity contribution in [3.05, 3.63) is 22.2 Å². The van der Waals surface area contributed by atoms with Gasteiger partial charge in [-0.2, -0.15) is 0 Å². The Bertz CT molecular complexity index is 628. The molecule has 1 heterocycles. The van der Waals surface area contributed by atoms with Crippen molar-refractivity contribution < 1.29 is 18.3 Å². The Morgan fingerprint density at radius 3 is 2.84 bits per heavy atom. The number of aliphatic hydroxyl groups excluding tert-OH is 1. The molecule has 6 nitrogen and oxygen atoms in total. The van der Waals surface area contributed by atoms with Gasteiger partial charge in [0, 0.05) is 16.7 Å². The minimum absolute atomic E-state index is 0.0587. The molecule has 0 fully saturated rings. The number of hydrogen-bond donors (Lipinski definition) is 3. The van der Waals surface area contributed by atoms with Crippen LogP contribution in [0, 0.1) is 0 Å². The Morgan fingerprint density at radius 1 is 1.53 bits per heavy atom. The summed E-state index contributed by atoms with van der Waals surface area (Å²) < 4.78 is 26.8. The summed E-state index contributed by atoms with van der Waals surface area (Å²) in [4.78, 5) is 11.3. The third-order valence-electron chi connectivity index (χ3n) is 2.64. The van der Waals surface area contributed by atoms with Gasteiger partial charge in [0.05, 0.1) is 17.4 Å². The highest BCUT2D eigenvalue weighted by molar-refractivity contribution is 9.10. The van der Waals surface area contributed by atoms with Crippen LogP contribution in [0.4, 0.5) is 5.69 Å². The van der Waals surface area contributed by atoms with Gasteiger partial charge >= 0.3 is 0 Å². The molecule has 19 heavy (non-hydrogen) atoms. The van der Waals surface area contributed by atoms with Gasteiger partial charge in [-0.25, -0.2) is 13.1 Å². The number of benzene rings is 1. The Morgan fingerprint density at radius 2 is 2.21 bits per heavy atom. The quantitative estimate of drug-likeness (QED) is 0.742. The molecule has 1 aromatic carbocycles. The molecule has 0 unspecified atom stereocenters. The van der Waals surface area contributed by atoms with Crippen LogP contribution in [-0.4, -0.2) is 32.1 Å². The predicted octanol–water partition coefficient (Wildman–Crippen LogP) is 0.603. The van der Waals surface area contributed by atoms with E-state index in [4.69, 9.17) is 5.11 Å². The average Bonchev–Trinajstić information content (AvgIpc) is 2.64. The standard InChI is InChI=1S/C11H13BrN2O4S/c1-6(15)5-13-19(17,18)10-2-7-3-11(16)14-9(7)4-8(10)12/h2,4,6,13,15H,3,5H2,1H3,(H,14,16)/t6-/m0/s1. The van der Waals surface area contributed by atoms with Crippen LogP contribution in [0.15, 0.2) is 21.5 Å². The molecule has 1 aliphatic heterocycles. The average molecular weight is 349 g/mol. The van der Waals surface area contributed by atoms with E-state index >= 15 is 0 Å². The summed E-state index contributed by atoms with van der Waals surface area (Å²) in [6.45, 7) is 1.42. The Balaban J connectivity index is 2.36. The summed E-state index contributed by atoms with van der Waals surface area (Å²) in [6, 6.07) is 3.03. The Kier molecular flexibility index (Phi) is 3.95. The number of amides is 1. The van der Waals surface area contributed by atoms with Crippen LogP contribution in [0.5, 0.6) is 0 Å². The SMILES string of the molecule is C[C@H](O)CNS(=O)(=O)c1cc2c(cc1Br)NC(=O)C2. The molecule has 0 radical (unpaired) electrons. The number of sulfonamides is 1. The number of carbonyl (C=O) groups is 1. The molecule has 1 aliphatic rings. The molecule has 3 N–H and O–H groups in total. The monoisotopic (exact) mass is 348 g/mol. The van der Waals surface area contributed by atoms with Gasteiger partial charge in [0.1, 0.15) is 0 Å². The molecule has 2 rings (SSSR count). The third-order valence-corrected chi connectivity index (χ3v) is 5.02. The summed E-state index contributed by atoms with van der Waals surface area (Å²) in [5, 5.41) is 11.8. The maximum Gasteiger partial charge on any atom is 0.241 e. The second-order valence-electron chi connectivity index (χ2n) is 4.37. The lowest BCUT2D eigenvalue weighted by molar-refractivity contribution is -0.115. The van der Waals surface area contributed by atoms with E-state index in [0.717, 1.165) is 0 Å². The molecule has 1 amide bonds. The first-order valence-corrected chi connectivity index (χ1v) is 7.87. The fourth-order valence-electron chi connectivity index (χ4n) is 1.74. The number of fused-ring (bicyclic) bond motifs is 1. The molecule has 0 aromatic heterocycles. The van der Waals surface area contributed by atoms with Crippen molar-refractivity contribution >= 4 is 37.5 Å². The summed E-state index contributed by atoms with van der Waals surface area (Å²) in [5.74, 6) is -0.159. The maximum absolute atomic E-state index is 12.1. The second kappa shape index (κ2) is 5.20. The first-order chi connectivity index (χ1) is 8.79. The summed E-state index contributed by atoms with van der Waals surface area (Å²) in [5.41, 5.74) is 1.26. The number of nitrogens with one attached hydrogen (secondary N) is 2. The number of aliphatic hydroxyl groups is 1. The Hall–Kier alpha value is -0.960. The highest BCUT2D eigenvalue weighted by Gasteiger charge is 2.24. The van der Waals surface area contributed by atoms with Crippen LogP contribution in [0.25, 0.3) is 0 Å². The van der Waals surface area contributed by atoms with E-state index in [0.29, 0.717) is 15.7 Å². The molecule has 8 heteroatoms. The van der Waals surface area contributed by atoms with Crippen LogP contribution in [-0.2, 0) is 21.2 Å². The van der Waals surface area contributed by atoms with Crippen molar-refractivity contribution in [2.24, 2.45) is 0 Å². The van der Waals surface area contributed by atoms with Gasteiger partial charge in [-0.05, 0) is 40.5 Å². The number of anilines is 1. The van der Waals surface area contributed by atoms with Crippen LogP contribution in [0.3, 0.4) is 0 Å². The zero-order chi connectivity index (χ0) is 14.2. The van der Waals surface area contributed by atoms with Crippen molar-refractivity contribution in [3.63, 3.8) is 0 Å². The van der Waals surface area contributed by atoms with E-state index in [9.17, 15) is 13.2 Å². The first-order valence-electron chi connectivity index (χ1n) is 5.59. The van der Waals surface area contributed by atoms with Gasteiger partial charge in [0.2, 0.25) is 15.9 Å². The van der Waals surface area contributed by atoms with Crippen molar-refractivity contribution in [3.8, 4) is 0 Å². The molecule has 104 valence electrons. The van der Waals surface area contributed by atoms with E-state index in [1.54, 1.807) is 6.07 Å². The third kappa shape index (κ3) is 3.14. The van der Waals surface area contributed by atoms with Crippen molar-refractivity contribution in [2.45, 2.75) is 24.3 Å². The fourth-order valence-corrected chi connectivity index (χ4v) is 3.95. The van der Waals surface area contributed by atoms with Gasteiger partial charge in [-0.3, -0.25) is 4.79 Å². The number of hydrogen-bond acceptors (Lipinski definition) is 4. The molecule has 0 saturated carbocycles. The summed E-state index contributed by atoms with van der Waals surface area (Å²) in [6.07, 6.45) is -0.604. The smallest absolute Gasteiger partial charge is 0.241 e. The van der Waals surface area contributed by atoms with Gasteiger partial charge in [-0.1, -0.05) is 0 Å². The maximum atomic E-state index is 12.1. The number of carbonyl (C=O) groups excluding carboxylic acids is 1. The van der Waals surface area contributed by atoms with E-state index in [2.05, 4.69) is 26.0 Å². The molecular weight excluding hydrogens is 336 g/mol. The van der Waals surface area contributed by atoms with Crippen LogP contribution < -0.4 is 10.0 Å². The molecule has 1 aromatic rings. The summed E-state index contributed by atoms with van der Waals surface area (Å²) in [7, 11) is -3.72. The van der Waals surface area contributed by atoms with Crippen LogP contribution in [0.2, 0.25) is 0 Å². The van der Waals surface area contributed by atoms with Gasteiger partial charge in [0.15, 0.2) is 0 Å². The van der Waals surface area contributed by atoms with Crippen molar-refractivity contribution in [2.75, 3.05) is 11.9 Å². The van der Waals surface area contributed by atoms with Crippen molar-refractivity contribution in [1.82, 2.24) is 4.72 Å². The highest BCUT2D eigenvalue weighted by atomic mass is 79.9. The molecule has 0 bridgehead atoms. The molecular formula is C11H13BrN2O4S. The molecule has 0 aliphatic carbocycles. The molecule has 0 spiro atoms. The van der Waals surface area contributed by atoms with E-state index < -0.39 is 16.1 Å². The lowest BCUT2D eigenvalue weighted by Gasteiger charge is -2.11. The first kappa shape index (κ1) is 14.4. The van der Waals surface area contributed by atoms with E-state index in [-0.39, 0.29) is 23.8 Å². The molecule has 1 atom stereocenters. The zero-order valence-corrected chi connectivity index (χ0v) is 12.5. The van der Waals surface area contributed by atoms with Gasteiger partial charge < -0.3 is 10.4 Å². The number of rotatable bonds is 4. The summed E-state index contributed by atoms with van der Waals surface area (Å²) >= 11 is 3.18. The van der Waals surface area contributed by atoms with E-state index in [1.165, 1.54) is 13.0 Å². The van der Waals surface area contributed by atoms with Crippen molar-refractivity contribution in [1.29, 1.82) is 0 Å². The van der Waals surface area contributed by atoms with Gasteiger partial charge in [0.25, 0.3) is 0 Å². The topological polar surface area (TPSA) is 95.5 Å². The second-order valence-corrected chi connectivity index (χ2v) is 6.96. The lowest BCUT2D eigenvalue weighted by Crippen LogP contribution is -2.30. The zero-order valence-electron chi connectivity index (χ0n) is 10.1. The normalized spacial score (nSPS) is 16.1. The predicted molar refractivity (Wildman–Crippen MR) is 73.3 cm³/mol.